The summed E-state index contributed by atoms with van der Waals surface area (Å²) in [7, 11) is 1.47. The Labute approximate surface area is 194 Å². The number of phenolic OH excluding ortho intramolecular Hbond substituents is 1. The third kappa shape index (κ3) is 5.39. The third-order valence-corrected chi connectivity index (χ3v) is 5.55. The van der Waals surface area contributed by atoms with Gasteiger partial charge in [0.2, 0.25) is 0 Å². The number of hydrazone groups is 1. The molecule has 166 valence electrons. The van der Waals surface area contributed by atoms with Crippen molar-refractivity contribution >= 4 is 23.9 Å². The summed E-state index contributed by atoms with van der Waals surface area (Å²) in [4.78, 5) is 12.3. The largest absolute Gasteiger partial charge is 0.504 e. The van der Waals surface area contributed by atoms with Gasteiger partial charge in [0.1, 0.15) is 0 Å². The highest BCUT2D eigenvalue weighted by Crippen LogP contribution is 2.28. The van der Waals surface area contributed by atoms with Crippen LogP contribution in [-0.4, -0.2) is 44.9 Å². The Morgan fingerprint density at radius 3 is 2.52 bits per heavy atom. The Balaban J connectivity index is 1.45. The summed E-state index contributed by atoms with van der Waals surface area (Å²) >= 11 is 1.27. The highest BCUT2D eigenvalue weighted by molar-refractivity contribution is 7.99. The van der Waals surface area contributed by atoms with Crippen molar-refractivity contribution in [1.29, 1.82) is 0 Å². The van der Waals surface area contributed by atoms with Crippen molar-refractivity contribution in [1.82, 2.24) is 20.2 Å². The summed E-state index contributed by atoms with van der Waals surface area (Å²) in [5.74, 6) is 0.869. The maximum absolute atomic E-state index is 12.3. The second kappa shape index (κ2) is 10.5. The van der Waals surface area contributed by atoms with Crippen molar-refractivity contribution in [3.63, 3.8) is 0 Å². The van der Waals surface area contributed by atoms with E-state index in [0.717, 1.165) is 11.3 Å². The van der Waals surface area contributed by atoms with Gasteiger partial charge in [-0.25, -0.2) is 5.43 Å². The molecular formula is C24H21N5O3S. The van der Waals surface area contributed by atoms with Gasteiger partial charge in [0.15, 0.2) is 22.5 Å². The number of ether oxygens (including phenoxy) is 1. The Hall–Kier alpha value is -4.11. The lowest BCUT2D eigenvalue weighted by atomic mass is 10.2. The minimum Gasteiger partial charge on any atom is -0.504 e. The Kier molecular flexibility index (Phi) is 7.01. The highest BCUT2D eigenvalue weighted by Gasteiger charge is 2.17. The van der Waals surface area contributed by atoms with Crippen LogP contribution in [0.15, 0.2) is 89.1 Å². The molecule has 4 rings (SSSR count). The number of para-hydroxylation sites is 1. The molecular weight excluding hydrogens is 438 g/mol. The third-order valence-electron chi connectivity index (χ3n) is 4.62. The summed E-state index contributed by atoms with van der Waals surface area (Å²) in [6.07, 6.45) is 1.45. The van der Waals surface area contributed by atoms with E-state index in [1.807, 2.05) is 65.2 Å². The first-order chi connectivity index (χ1) is 16.2. The quantitative estimate of drug-likeness (QED) is 0.235. The smallest absolute Gasteiger partial charge is 0.250 e. The molecule has 8 nitrogen and oxygen atoms in total. The van der Waals surface area contributed by atoms with Crippen molar-refractivity contribution in [2.24, 2.45) is 5.10 Å². The Bertz CT molecular complexity index is 1260. The predicted molar refractivity (Wildman–Crippen MR) is 128 cm³/mol. The molecule has 0 atom stereocenters. The van der Waals surface area contributed by atoms with Crippen molar-refractivity contribution in [2.75, 3.05) is 12.9 Å². The minimum atomic E-state index is -0.294. The number of rotatable bonds is 8. The first-order valence-electron chi connectivity index (χ1n) is 10.0. The average molecular weight is 460 g/mol. The van der Waals surface area contributed by atoms with Gasteiger partial charge in [-0.05, 0) is 35.9 Å². The molecule has 0 saturated carbocycles. The number of phenols is 1. The fraction of sp³-hybridized carbons (Fsp3) is 0.0833. The lowest BCUT2D eigenvalue weighted by Crippen LogP contribution is -2.20. The molecule has 3 aromatic carbocycles. The summed E-state index contributed by atoms with van der Waals surface area (Å²) in [5, 5.41) is 23.0. The van der Waals surface area contributed by atoms with Crippen LogP contribution in [-0.2, 0) is 4.79 Å². The summed E-state index contributed by atoms with van der Waals surface area (Å²) < 4.78 is 6.94. The zero-order valence-corrected chi connectivity index (χ0v) is 18.6. The fourth-order valence-electron chi connectivity index (χ4n) is 3.08. The predicted octanol–water partition coefficient (Wildman–Crippen LogP) is 3.89. The number of benzene rings is 3. The van der Waals surface area contributed by atoms with Crippen LogP contribution in [0.2, 0.25) is 0 Å². The number of hydrogen-bond donors (Lipinski definition) is 2. The summed E-state index contributed by atoms with van der Waals surface area (Å²) in [6, 6.07) is 24.4. The number of carbonyl (C=O) groups is 1. The molecule has 1 aromatic heterocycles. The zero-order valence-electron chi connectivity index (χ0n) is 17.8. The molecule has 0 unspecified atom stereocenters. The molecule has 0 saturated heterocycles. The second-order valence-electron chi connectivity index (χ2n) is 6.86. The molecule has 4 aromatic rings. The minimum absolute atomic E-state index is 0.00204. The normalized spacial score (nSPS) is 10.9. The first-order valence-corrected chi connectivity index (χ1v) is 11.0. The molecule has 0 aliphatic rings. The van der Waals surface area contributed by atoms with Crippen LogP contribution < -0.4 is 10.2 Å². The van der Waals surface area contributed by atoms with Gasteiger partial charge in [0, 0.05) is 11.3 Å². The molecule has 0 bridgehead atoms. The standard InChI is InChI=1S/C24H21N5O3S/c1-32-21-13-12-17(14-20(21)30)15-25-26-22(31)16-33-24-28-27-23(18-8-4-2-5-9-18)29(24)19-10-6-3-7-11-19/h2-15,30H,16H2,1H3,(H,26,31)/b25-15-. The van der Waals surface area contributed by atoms with Gasteiger partial charge < -0.3 is 9.84 Å². The van der Waals surface area contributed by atoms with Gasteiger partial charge in [0.05, 0.1) is 19.1 Å². The lowest BCUT2D eigenvalue weighted by Gasteiger charge is -2.10. The van der Waals surface area contributed by atoms with Crippen LogP contribution in [0.3, 0.4) is 0 Å². The van der Waals surface area contributed by atoms with Crippen LogP contribution in [0.1, 0.15) is 5.56 Å². The molecule has 2 N–H and O–H groups in total. The average Bonchev–Trinajstić information content (AvgIpc) is 3.28. The number of hydrogen-bond acceptors (Lipinski definition) is 7. The van der Waals surface area contributed by atoms with Gasteiger partial charge >= 0.3 is 0 Å². The zero-order chi connectivity index (χ0) is 23.0. The van der Waals surface area contributed by atoms with E-state index >= 15 is 0 Å². The van der Waals surface area contributed by atoms with Crippen LogP contribution in [0.25, 0.3) is 17.1 Å². The summed E-state index contributed by atoms with van der Waals surface area (Å²) in [5.41, 5.74) is 4.94. The van der Waals surface area contributed by atoms with Crippen LogP contribution in [0.5, 0.6) is 11.5 Å². The summed E-state index contributed by atoms with van der Waals surface area (Å²) in [6.45, 7) is 0. The van der Waals surface area contributed by atoms with Crippen molar-refractivity contribution < 1.29 is 14.6 Å². The van der Waals surface area contributed by atoms with Crippen molar-refractivity contribution in [3.8, 4) is 28.6 Å². The number of nitrogens with one attached hydrogen (secondary N) is 1. The van der Waals surface area contributed by atoms with Crippen LogP contribution >= 0.6 is 11.8 Å². The molecule has 0 spiro atoms. The molecule has 1 amide bonds. The number of amides is 1. The number of thioether (sulfide) groups is 1. The number of aromatic hydroxyl groups is 1. The van der Waals surface area contributed by atoms with Gasteiger partial charge in [-0.1, -0.05) is 60.3 Å². The highest BCUT2D eigenvalue weighted by atomic mass is 32.2. The molecule has 1 heterocycles. The molecule has 9 heteroatoms. The van der Waals surface area contributed by atoms with E-state index in [9.17, 15) is 9.90 Å². The van der Waals surface area contributed by atoms with E-state index in [4.69, 9.17) is 4.74 Å². The molecule has 0 aliphatic carbocycles. The van der Waals surface area contributed by atoms with E-state index < -0.39 is 0 Å². The topological polar surface area (TPSA) is 102 Å². The van der Waals surface area contributed by atoms with Gasteiger partial charge in [-0.3, -0.25) is 9.36 Å². The first kappa shape index (κ1) is 22.1. The monoisotopic (exact) mass is 459 g/mol. The van der Waals surface area contributed by atoms with Crippen LogP contribution in [0.4, 0.5) is 0 Å². The molecule has 0 radical (unpaired) electrons. The second-order valence-corrected chi connectivity index (χ2v) is 7.80. The SMILES string of the molecule is COc1ccc(/C=N\NC(=O)CSc2nnc(-c3ccccc3)n2-c2ccccc2)cc1O. The number of methoxy groups -OCH3 is 1. The Morgan fingerprint density at radius 1 is 1.09 bits per heavy atom. The number of aromatic nitrogens is 3. The van der Waals surface area contributed by atoms with Crippen molar-refractivity contribution in [2.45, 2.75) is 5.16 Å². The van der Waals surface area contributed by atoms with E-state index in [1.54, 1.807) is 12.1 Å². The van der Waals surface area contributed by atoms with E-state index in [2.05, 4.69) is 20.7 Å². The number of carbonyl (C=O) groups excluding carboxylic acids is 1. The lowest BCUT2D eigenvalue weighted by molar-refractivity contribution is -0.118. The fourth-order valence-corrected chi connectivity index (χ4v) is 3.82. The number of nitrogens with zero attached hydrogens (tertiary/aromatic N) is 4. The van der Waals surface area contributed by atoms with Crippen molar-refractivity contribution in [3.05, 3.63) is 84.4 Å². The molecule has 0 fully saturated rings. The molecule has 33 heavy (non-hydrogen) atoms. The van der Waals surface area contributed by atoms with E-state index in [-0.39, 0.29) is 17.4 Å². The van der Waals surface area contributed by atoms with Crippen LogP contribution in [0, 0.1) is 0 Å². The Morgan fingerprint density at radius 2 is 1.82 bits per heavy atom. The van der Waals surface area contributed by atoms with Gasteiger partial charge in [-0.2, -0.15) is 5.10 Å². The maximum Gasteiger partial charge on any atom is 0.250 e. The van der Waals surface area contributed by atoms with Gasteiger partial charge in [-0.15, -0.1) is 10.2 Å². The van der Waals surface area contributed by atoms with E-state index in [0.29, 0.717) is 22.3 Å². The maximum atomic E-state index is 12.3. The van der Waals surface area contributed by atoms with E-state index in [1.165, 1.54) is 31.2 Å². The van der Waals surface area contributed by atoms with Gasteiger partial charge in [0.25, 0.3) is 5.91 Å². The molecule has 0 aliphatic heterocycles.